The molecule has 0 heterocycles. The lowest BCUT2D eigenvalue weighted by molar-refractivity contribution is -0.127. The van der Waals surface area contributed by atoms with E-state index in [-0.39, 0.29) is 17.8 Å². The molecule has 2 aromatic carbocycles. The second-order valence-corrected chi connectivity index (χ2v) is 7.33. The van der Waals surface area contributed by atoms with Gasteiger partial charge in [-0.3, -0.25) is 4.79 Å². The molecule has 1 saturated carbocycles. The van der Waals surface area contributed by atoms with Crippen LogP contribution in [0.3, 0.4) is 0 Å². The zero-order valence-electron chi connectivity index (χ0n) is 16.1. The van der Waals surface area contributed by atoms with Gasteiger partial charge in [0, 0.05) is 6.54 Å². The van der Waals surface area contributed by atoms with Gasteiger partial charge in [0.05, 0.1) is 18.1 Å². The number of benzene rings is 2. The molecule has 2 aromatic rings. The van der Waals surface area contributed by atoms with E-state index in [1.807, 2.05) is 30.3 Å². The molecule has 0 spiro atoms. The zero-order chi connectivity index (χ0) is 19.8. The van der Waals surface area contributed by atoms with Crippen LogP contribution in [0.5, 0.6) is 0 Å². The Morgan fingerprint density at radius 2 is 1.89 bits per heavy atom. The van der Waals surface area contributed by atoms with Crippen LogP contribution in [0.15, 0.2) is 67.3 Å². The molecule has 0 unspecified atom stereocenters. The first kappa shape index (κ1) is 20.3. The molecule has 1 N–H and O–H groups in total. The molecule has 3 rings (SSSR count). The summed E-state index contributed by atoms with van der Waals surface area (Å²) < 4.78 is 20.1. The second kappa shape index (κ2) is 10.2. The molecule has 28 heavy (non-hydrogen) atoms. The van der Waals surface area contributed by atoms with Crippen molar-refractivity contribution in [1.82, 2.24) is 5.32 Å². The minimum Gasteiger partial charge on any atom is -0.370 e. The van der Waals surface area contributed by atoms with E-state index in [1.54, 1.807) is 18.2 Å². The summed E-state index contributed by atoms with van der Waals surface area (Å²) in [6.45, 7) is 4.31. The Morgan fingerprint density at radius 1 is 1.14 bits per heavy atom. The van der Waals surface area contributed by atoms with Crippen LogP contribution in [-0.2, 0) is 16.1 Å². The fourth-order valence-corrected chi connectivity index (χ4v) is 3.78. The summed E-state index contributed by atoms with van der Waals surface area (Å²) in [7, 11) is 0. The van der Waals surface area contributed by atoms with E-state index >= 15 is 0 Å². The summed E-state index contributed by atoms with van der Waals surface area (Å²) in [6, 6.07) is 15.9. The third kappa shape index (κ3) is 5.52. The third-order valence-corrected chi connectivity index (χ3v) is 5.26. The van der Waals surface area contributed by atoms with Gasteiger partial charge in [-0.1, -0.05) is 67.8 Å². The maximum absolute atomic E-state index is 13.9. The molecule has 2 atom stereocenters. The third-order valence-electron chi connectivity index (χ3n) is 5.26. The van der Waals surface area contributed by atoms with Crippen molar-refractivity contribution in [1.29, 1.82) is 0 Å². The second-order valence-electron chi connectivity index (χ2n) is 7.33. The molecule has 4 heteroatoms. The number of ether oxygens (including phenoxy) is 1. The number of hydrogen-bond acceptors (Lipinski definition) is 2. The van der Waals surface area contributed by atoms with Crippen molar-refractivity contribution in [3.63, 3.8) is 0 Å². The summed E-state index contributed by atoms with van der Waals surface area (Å²) in [5, 5.41) is 2.98. The standard InChI is InChI=1S/C24H28FNO2/c1-2-22(28-21-14-7-4-8-15-21)23(19-12-9-13-20(25)16-19)24(27)26-17-18-10-5-3-6-11-18/h2-3,5-6,9-13,16,21-23H,1,4,7-8,14-15,17H2,(H,26,27)/t22-,23-/m1/s1. The zero-order valence-corrected chi connectivity index (χ0v) is 16.1. The number of rotatable bonds is 8. The fraction of sp³-hybridized carbons (Fsp3) is 0.375. The highest BCUT2D eigenvalue weighted by molar-refractivity contribution is 5.84. The molecule has 0 bridgehead atoms. The Balaban J connectivity index is 1.78. The Kier molecular flexibility index (Phi) is 7.38. The van der Waals surface area contributed by atoms with Crippen molar-refractivity contribution in [3.05, 3.63) is 84.2 Å². The van der Waals surface area contributed by atoms with Crippen LogP contribution in [0.25, 0.3) is 0 Å². The van der Waals surface area contributed by atoms with Crippen molar-refractivity contribution in [2.24, 2.45) is 0 Å². The number of halogens is 1. The molecule has 1 aliphatic rings. The number of amides is 1. The predicted octanol–water partition coefficient (Wildman–Crippen LogP) is 5.13. The van der Waals surface area contributed by atoms with Gasteiger partial charge in [-0.15, -0.1) is 6.58 Å². The first-order chi connectivity index (χ1) is 13.7. The van der Waals surface area contributed by atoms with Gasteiger partial charge in [-0.25, -0.2) is 4.39 Å². The molecule has 1 amide bonds. The van der Waals surface area contributed by atoms with Crippen LogP contribution in [0, 0.1) is 5.82 Å². The van der Waals surface area contributed by atoms with Crippen molar-refractivity contribution < 1.29 is 13.9 Å². The molecule has 1 aliphatic carbocycles. The van der Waals surface area contributed by atoms with Crippen LogP contribution in [-0.4, -0.2) is 18.1 Å². The summed E-state index contributed by atoms with van der Waals surface area (Å²) in [5.41, 5.74) is 1.61. The normalized spacial score (nSPS) is 16.9. The van der Waals surface area contributed by atoms with E-state index in [2.05, 4.69) is 11.9 Å². The SMILES string of the molecule is C=C[C@@H](OC1CCCCC1)[C@H](C(=O)NCc1ccccc1)c1cccc(F)c1. The van der Waals surface area contributed by atoms with Gasteiger partial charge in [-0.2, -0.15) is 0 Å². The van der Waals surface area contributed by atoms with Crippen molar-refractivity contribution in [3.8, 4) is 0 Å². The van der Waals surface area contributed by atoms with Gasteiger partial charge in [0.2, 0.25) is 5.91 Å². The summed E-state index contributed by atoms with van der Waals surface area (Å²) >= 11 is 0. The molecule has 1 fully saturated rings. The molecule has 3 nitrogen and oxygen atoms in total. The highest BCUT2D eigenvalue weighted by atomic mass is 19.1. The van der Waals surface area contributed by atoms with Gasteiger partial charge in [0.25, 0.3) is 0 Å². The maximum atomic E-state index is 13.9. The van der Waals surface area contributed by atoms with E-state index < -0.39 is 12.0 Å². The minimum atomic E-state index is -0.640. The lowest BCUT2D eigenvalue weighted by atomic mass is 9.91. The Morgan fingerprint density at radius 3 is 2.57 bits per heavy atom. The van der Waals surface area contributed by atoms with E-state index in [1.165, 1.54) is 18.6 Å². The number of nitrogens with one attached hydrogen (secondary N) is 1. The molecule has 0 radical (unpaired) electrons. The van der Waals surface area contributed by atoms with Crippen LogP contribution in [0.2, 0.25) is 0 Å². The average Bonchev–Trinajstić information content (AvgIpc) is 2.73. The molecular weight excluding hydrogens is 353 g/mol. The van der Waals surface area contributed by atoms with E-state index in [0.29, 0.717) is 12.1 Å². The Labute approximate surface area is 166 Å². The van der Waals surface area contributed by atoms with Crippen molar-refractivity contribution in [2.75, 3.05) is 0 Å². The first-order valence-electron chi connectivity index (χ1n) is 10.0. The highest BCUT2D eigenvalue weighted by Crippen LogP contribution is 2.29. The van der Waals surface area contributed by atoms with Crippen LogP contribution < -0.4 is 5.32 Å². The quantitative estimate of drug-likeness (QED) is 0.644. The van der Waals surface area contributed by atoms with Crippen molar-refractivity contribution >= 4 is 5.91 Å². The molecule has 0 saturated heterocycles. The van der Waals surface area contributed by atoms with Gasteiger partial charge >= 0.3 is 0 Å². The molecule has 0 aliphatic heterocycles. The number of carbonyl (C=O) groups is 1. The fourth-order valence-electron chi connectivity index (χ4n) is 3.78. The summed E-state index contributed by atoms with van der Waals surface area (Å²) in [6.07, 6.45) is 6.78. The minimum absolute atomic E-state index is 0.120. The van der Waals surface area contributed by atoms with Crippen LogP contribution in [0.1, 0.15) is 49.1 Å². The first-order valence-corrected chi connectivity index (χ1v) is 10.0. The van der Waals surface area contributed by atoms with Gasteiger partial charge < -0.3 is 10.1 Å². The number of carbonyl (C=O) groups excluding carboxylic acids is 1. The average molecular weight is 381 g/mol. The Hall–Kier alpha value is -2.46. The molecule has 148 valence electrons. The monoisotopic (exact) mass is 381 g/mol. The lowest BCUT2D eigenvalue weighted by Gasteiger charge is -2.30. The van der Waals surface area contributed by atoms with Gasteiger partial charge in [-0.05, 0) is 36.1 Å². The number of hydrogen-bond donors (Lipinski definition) is 1. The molecule has 0 aromatic heterocycles. The highest BCUT2D eigenvalue weighted by Gasteiger charge is 2.31. The Bertz CT molecular complexity index is 771. The van der Waals surface area contributed by atoms with Gasteiger partial charge in [0.15, 0.2) is 0 Å². The molecular formula is C24H28FNO2. The topological polar surface area (TPSA) is 38.3 Å². The van der Waals surface area contributed by atoms with Crippen molar-refractivity contribution in [2.45, 2.75) is 56.8 Å². The largest absolute Gasteiger partial charge is 0.370 e. The summed E-state index contributed by atoms with van der Waals surface area (Å²) in [5.74, 6) is -1.19. The lowest BCUT2D eigenvalue weighted by Crippen LogP contribution is -2.38. The smallest absolute Gasteiger partial charge is 0.230 e. The van der Waals surface area contributed by atoms with E-state index in [9.17, 15) is 9.18 Å². The van der Waals surface area contributed by atoms with Crippen LogP contribution >= 0.6 is 0 Å². The van der Waals surface area contributed by atoms with Crippen LogP contribution in [0.4, 0.5) is 4.39 Å². The van der Waals surface area contributed by atoms with E-state index in [0.717, 1.165) is 31.2 Å². The van der Waals surface area contributed by atoms with E-state index in [4.69, 9.17) is 4.74 Å². The summed E-state index contributed by atoms with van der Waals surface area (Å²) in [4.78, 5) is 13.1. The predicted molar refractivity (Wildman–Crippen MR) is 109 cm³/mol. The maximum Gasteiger partial charge on any atom is 0.230 e. The van der Waals surface area contributed by atoms with Gasteiger partial charge in [0.1, 0.15) is 5.82 Å².